The highest BCUT2D eigenvalue weighted by Crippen LogP contribution is 2.19. The van der Waals surface area contributed by atoms with E-state index in [0.29, 0.717) is 16.9 Å². The van der Waals surface area contributed by atoms with Crippen LogP contribution in [0, 0.1) is 19.7 Å². The summed E-state index contributed by atoms with van der Waals surface area (Å²) in [6, 6.07) is 20.2. The van der Waals surface area contributed by atoms with Crippen molar-refractivity contribution >= 4 is 29.3 Å². The van der Waals surface area contributed by atoms with Gasteiger partial charge in [0, 0.05) is 11.4 Å². The van der Waals surface area contributed by atoms with E-state index in [0.717, 1.165) is 11.1 Å². The molecule has 0 fully saturated rings. The molecule has 0 saturated carbocycles. The van der Waals surface area contributed by atoms with Gasteiger partial charge in [0.15, 0.2) is 0 Å². The number of carbonyl (C=O) groups is 2. The maximum Gasteiger partial charge on any atom is 0.261 e. The van der Waals surface area contributed by atoms with E-state index < -0.39 is 17.6 Å². The summed E-state index contributed by atoms with van der Waals surface area (Å²) in [6.07, 6.45) is 1.45. The molecule has 0 unspecified atom stereocenters. The van der Waals surface area contributed by atoms with Crippen LogP contribution in [0.2, 0.25) is 0 Å². The van der Waals surface area contributed by atoms with Gasteiger partial charge in [-0.15, -0.1) is 0 Å². The fourth-order valence-electron chi connectivity index (χ4n) is 2.77. The van der Waals surface area contributed by atoms with Gasteiger partial charge in [0.05, 0.1) is 0 Å². The van der Waals surface area contributed by atoms with Gasteiger partial charge in [-0.05, 0) is 60.9 Å². The Kier molecular flexibility index (Phi) is 6.19. The van der Waals surface area contributed by atoms with Crippen molar-refractivity contribution in [2.75, 3.05) is 10.6 Å². The lowest BCUT2D eigenvalue weighted by Crippen LogP contribution is -2.25. The summed E-state index contributed by atoms with van der Waals surface area (Å²) < 4.78 is 13.2. The predicted octanol–water partition coefficient (Wildman–Crippen LogP) is 5.10. The zero-order chi connectivity index (χ0) is 20.8. The number of anilines is 2. The Bertz CT molecular complexity index is 1010. The number of rotatable bonds is 5. The SMILES string of the molecule is Cc1ccccc1NC(=O)C(=Cc1ccc(F)cc1)C(=O)Nc1ccccc1C. The molecular weight excluding hydrogens is 367 g/mol. The van der Waals surface area contributed by atoms with Gasteiger partial charge >= 0.3 is 0 Å². The average molecular weight is 388 g/mol. The van der Waals surface area contributed by atoms with E-state index in [1.807, 2.05) is 38.1 Å². The fraction of sp³-hybridized carbons (Fsp3) is 0.0833. The lowest BCUT2D eigenvalue weighted by Gasteiger charge is -2.13. The van der Waals surface area contributed by atoms with Gasteiger partial charge in [0.2, 0.25) is 0 Å². The molecule has 3 aromatic rings. The van der Waals surface area contributed by atoms with Gasteiger partial charge in [0.25, 0.3) is 11.8 Å². The van der Waals surface area contributed by atoms with Crippen molar-refractivity contribution in [3.63, 3.8) is 0 Å². The largest absolute Gasteiger partial charge is 0.322 e. The molecule has 0 aliphatic carbocycles. The normalized spacial score (nSPS) is 10.2. The molecule has 0 bridgehead atoms. The molecule has 2 amide bonds. The van der Waals surface area contributed by atoms with Crippen molar-refractivity contribution in [1.29, 1.82) is 0 Å². The fourth-order valence-corrected chi connectivity index (χ4v) is 2.77. The number of hydrogen-bond donors (Lipinski definition) is 2. The van der Waals surface area contributed by atoms with E-state index in [4.69, 9.17) is 0 Å². The Hall–Kier alpha value is -3.73. The van der Waals surface area contributed by atoms with Crippen LogP contribution in [-0.4, -0.2) is 11.8 Å². The Morgan fingerprint density at radius 3 is 1.62 bits per heavy atom. The molecule has 0 heterocycles. The highest BCUT2D eigenvalue weighted by atomic mass is 19.1. The van der Waals surface area contributed by atoms with Gasteiger partial charge in [-0.25, -0.2) is 4.39 Å². The first-order valence-electron chi connectivity index (χ1n) is 9.15. The highest BCUT2D eigenvalue weighted by molar-refractivity contribution is 6.29. The van der Waals surface area contributed by atoms with Crippen LogP contribution in [0.1, 0.15) is 16.7 Å². The third-order valence-corrected chi connectivity index (χ3v) is 4.46. The molecule has 0 aliphatic rings. The zero-order valence-corrected chi connectivity index (χ0v) is 16.2. The molecular formula is C24H21FN2O2. The lowest BCUT2D eigenvalue weighted by atomic mass is 10.1. The molecule has 5 heteroatoms. The molecule has 0 spiro atoms. The molecule has 0 saturated heterocycles. The van der Waals surface area contributed by atoms with Crippen LogP contribution in [0.3, 0.4) is 0 Å². The Balaban J connectivity index is 1.93. The average Bonchev–Trinajstić information content (AvgIpc) is 2.71. The standard InChI is InChI=1S/C24H21FN2O2/c1-16-7-3-5-9-21(16)26-23(28)20(15-18-11-13-19(25)14-12-18)24(29)27-22-10-6-4-8-17(22)2/h3-15H,1-2H3,(H,26,28)(H,27,29). The highest BCUT2D eigenvalue weighted by Gasteiger charge is 2.20. The van der Waals surface area contributed by atoms with Crippen LogP contribution in [0.5, 0.6) is 0 Å². The van der Waals surface area contributed by atoms with Crippen molar-refractivity contribution in [2.45, 2.75) is 13.8 Å². The first-order chi connectivity index (χ1) is 13.9. The number of benzene rings is 3. The number of amides is 2. The molecule has 0 aromatic heterocycles. The minimum atomic E-state index is -0.547. The van der Waals surface area contributed by atoms with E-state index in [1.165, 1.54) is 30.3 Å². The van der Waals surface area contributed by atoms with E-state index in [1.54, 1.807) is 24.3 Å². The van der Waals surface area contributed by atoms with E-state index in [9.17, 15) is 14.0 Å². The van der Waals surface area contributed by atoms with Crippen molar-refractivity contribution in [3.8, 4) is 0 Å². The number of hydrogen-bond acceptors (Lipinski definition) is 2. The maximum atomic E-state index is 13.2. The predicted molar refractivity (Wildman–Crippen MR) is 114 cm³/mol. The summed E-state index contributed by atoms with van der Waals surface area (Å²) >= 11 is 0. The molecule has 3 rings (SSSR count). The van der Waals surface area contributed by atoms with Crippen LogP contribution >= 0.6 is 0 Å². The molecule has 4 nitrogen and oxygen atoms in total. The van der Waals surface area contributed by atoms with Gasteiger partial charge in [0.1, 0.15) is 11.4 Å². The Morgan fingerprint density at radius 1 is 0.724 bits per heavy atom. The molecule has 29 heavy (non-hydrogen) atoms. The Morgan fingerprint density at radius 2 is 1.17 bits per heavy atom. The summed E-state index contributed by atoms with van der Waals surface area (Å²) in [6.45, 7) is 3.73. The van der Waals surface area contributed by atoms with Gasteiger partial charge < -0.3 is 10.6 Å². The number of para-hydroxylation sites is 2. The minimum Gasteiger partial charge on any atom is -0.322 e. The molecule has 2 N–H and O–H groups in total. The number of carbonyl (C=O) groups excluding carboxylic acids is 2. The third-order valence-electron chi connectivity index (χ3n) is 4.46. The van der Waals surface area contributed by atoms with Crippen molar-refractivity contribution < 1.29 is 14.0 Å². The monoisotopic (exact) mass is 388 g/mol. The van der Waals surface area contributed by atoms with Crippen LogP contribution < -0.4 is 10.6 Å². The second-order valence-electron chi connectivity index (χ2n) is 6.65. The number of halogens is 1. The molecule has 146 valence electrons. The minimum absolute atomic E-state index is 0.0804. The van der Waals surface area contributed by atoms with E-state index in [2.05, 4.69) is 10.6 Å². The smallest absolute Gasteiger partial charge is 0.261 e. The first-order valence-corrected chi connectivity index (χ1v) is 9.15. The van der Waals surface area contributed by atoms with Crippen molar-refractivity contribution in [2.24, 2.45) is 0 Å². The lowest BCUT2D eigenvalue weighted by molar-refractivity contribution is -0.118. The van der Waals surface area contributed by atoms with Crippen LogP contribution in [-0.2, 0) is 9.59 Å². The molecule has 0 aliphatic heterocycles. The second kappa shape index (κ2) is 8.97. The van der Waals surface area contributed by atoms with Crippen molar-refractivity contribution in [1.82, 2.24) is 0 Å². The first kappa shape index (κ1) is 20.0. The maximum absolute atomic E-state index is 13.2. The van der Waals surface area contributed by atoms with Gasteiger partial charge in [-0.1, -0.05) is 48.5 Å². The third kappa shape index (κ3) is 5.17. The van der Waals surface area contributed by atoms with Crippen LogP contribution in [0.15, 0.2) is 78.4 Å². The summed E-state index contributed by atoms with van der Waals surface area (Å²) in [5, 5.41) is 5.56. The van der Waals surface area contributed by atoms with Gasteiger partial charge in [-0.3, -0.25) is 9.59 Å². The van der Waals surface area contributed by atoms with Crippen LogP contribution in [0.4, 0.5) is 15.8 Å². The summed E-state index contributed by atoms with van der Waals surface area (Å²) in [5.74, 6) is -1.48. The number of nitrogens with one attached hydrogen (secondary N) is 2. The molecule has 0 radical (unpaired) electrons. The van der Waals surface area contributed by atoms with E-state index >= 15 is 0 Å². The van der Waals surface area contributed by atoms with Crippen LogP contribution in [0.25, 0.3) is 6.08 Å². The Labute approximate surface area is 169 Å². The zero-order valence-electron chi connectivity index (χ0n) is 16.2. The molecule has 3 aromatic carbocycles. The topological polar surface area (TPSA) is 58.2 Å². The van der Waals surface area contributed by atoms with Gasteiger partial charge in [-0.2, -0.15) is 0 Å². The van der Waals surface area contributed by atoms with Crippen molar-refractivity contribution in [3.05, 3.63) is 101 Å². The van der Waals surface area contributed by atoms with E-state index in [-0.39, 0.29) is 5.57 Å². The summed E-state index contributed by atoms with van der Waals surface area (Å²) in [5.41, 5.74) is 3.45. The summed E-state index contributed by atoms with van der Waals surface area (Å²) in [4.78, 5) is 25.9. The number of aryl methyl sites for hydroxylation is 2. The quantitative estimate of drug-likeness (QED) is 0.363. The molecule has 0 atom stereocenters. The summed E-state index contributed by atoms with van der Waals surface area (Å²) in [7, 11) is 0. The second-order valence-corrected chi connectivity index (χ2v) is 6.65.